The second-order valence-corrected chi connectivity index (χ2v) is 6.31. The summed E-state index contributed by atoms with van der Waals surface area (Å²) in [6.07, 6.45) is 0. The highest BCUT2D eigenvalue weighted by atomic mass is 16.6. The van der Waals surface area contributed by atoms with Crippen molar-refractivity contribution in [2.24, 2.45) is 0 Å². The van der Waals surface area contributed by atoms with Gasteiger partial charge in [-0.1, -0.05) is 5.16 Å². The number of ether oxygens (including phenoxy) is 2. The van der Waals surface area contributed by atoms with Gasteiger partial charge in [-0.05, 0) is 30.3 Å². The lowest BCUT2D eigenvalue weighted by molar-refractivity contribution is -0.384. The molecule has 0 bridgehead atoms. The van der Waals surface area contributed by atoms with E-state index in [4.69, 9.17) is 14.0 Å². The summed E-state index contributed by atoms with van der Waals surface area (Å²) in [5.41, 5.74) is 0.754. The van der Waals surface area contributed by atoms with Crippen LogP contribution in [0.5, 0.6) is 11.5 Å². The van der Waals surface area contributed by atoms with Crippen LogP contribution in [0, 0.1) is 10.1 Å². The Labute approximate surface area is 181 Å². The number of nitrogens with zero attached hydrogens (tertiary/aromatic N) is 3. The van der Waals surface area contributed by atoms with Gasteiger partial charge in [0, 0.05) is 36.3 Å². The van der Waals surface area contributed by atoms with E-state index in [1.165, 1.54) is 38.5 Å². The van der Waals surface area contributed by atoms with Crippen molar-refractivity contribution < 1.29 is 28.5 Å². The highest BCUT2D eigenvalue weighted by molar-refractivity contribution is 5.95. The molecule has 0 saturated carbocycles. The summed E-state index contributed by atoms with van der Waals surface area (Å²) in [6.45, 7) is 0.273. The molecule has 2 N–H and O–H groups in total. The molecular formula is C20H19N5O7. The van der Waals surface area contributed by atoms with Crippen molar-refractivity contribution in [3.63, 3.8) is 0 Å². The van der Waals surface area contributed by atoms with Gasteiger partial charge in [0.1, 0.15) is 0 Å². The molecular weight excluding hydrogens is 422 g/mol. The lowest BCUT2D eigenvalue weighted by atomic mass is 10.2. The first-order valence-corrected chi connectivity index (χ1v) is 9.30. The van der Waals surface area contributed by atoms with Crippen LogP contribution in [0.25, 0.3) is 11.4 Å². The van der Waals surface area contributed by atoms with E-state index in [1.54, 1.807) is 18.2 Å². The van der Waals surface area contributed by atoms with E-state index in [1.807, 2.05) is 0 Å². The van der Waals surface area contributed by atoms with E-state index in [9.17, 15) is 19.7 Å². The third-order valence-corrected chi connectivity index (χ3v) is 4.30. The Kier molecular flexibility index (Phi) is 6.95. The van der Waals surface area contributed by atoms with E-state index in [0.29, 0.717) is 22.6 Å². The first-order chi connectivity index (χ1) is 15.4. The second-order valence-electron chi connectivity index (χ2n) is 6.31. The molecule has 12 nitrogen and oxygen atoms in total. The fourth-order valence-electron chi connectivity index (χ4n) is 2.67. The zero-order chi connectivity index (χ0) is 23.1. The van der Waals surface area contributed by atoms with Gasteiger partial charge in [-0.2, -0.15) is 4.98 Å². The summed E-state index contributed by atoms with van der Waals surface area (Å²) in [4.78, 5) is 38.6. The molecule has 3 rings (SSSR count). The van der Waals surface area contributed by atoms with Crippen LogP contribution < -0.4 is 20.1 Å². The maximum atomic E-state index is 12.3. The zero-order valence-electron chi connectivity index (χ0n) is 17.2. The Morgan fingerprint density at radius 1 is 1.00 bits per heavy atom. The molecule has 0 radical (unpaired) electrons. The van der Waals surface area contributed by atoms with Crippen molar-refractivity contribution in [2.45, 2.75) is 0 Å². The number of nitro groups is 1. The number of benzene rings is 2. The standard InChI is InChI=1S/C20H19N5O7/c1-30-15-8-5-13(11-16(15)31-2)18(26)21-9-10-22-19(27)20-23-17(24-32-20)12-3-6-14(7-4-12)25(28)29/h3-8,11H,9-10H2,1-2H3,(H,21,26)(H,22,27). The number of non-ortho nitro benzene ring substituents is 1. The van der Waals surface area contributed by atoms with Crippen LogP contribution in [-0.4, -0.2) is 54.2 Å². The Hall–Kier alpha value is -4.48. The van der Waals surface area contributed by atoms with E-state index >= 15 is 0 Å². The third-order valence-electron chi connectivity index (χ3n) is 4.30. The van der Waals surface area contributed by atoms with Crippen LogP contribution >= 0.6 is 0 Å². The number of methoxy groups -OCH3 is 2. The molecule has 3 aromatic rings. The summed E-state index contributed by atoms with van der Waals surface area (Å²) in [7, 11) is 2.97. The van der Waals surface area contributed by atoms with Gasteiger partial charge in [-0.15, -0.1) is 0 Å². The van der Waals surface area contributed by atoms with E-state index < -0.39 is 10.8 Å². The van der Waals surface area contributed by atoms with Crippen LogP contribution in [0.3, 0.4) is 0 Å². The molecule has 0 unspecified atom stereocenters. The third kappa shape index (κ3) is 5.16. The van der Waals surface area contributed by atoms with Gasteiger partial charge < -0.3 is 24.6 Å². The second kappa shape index (κ2) is 10.0. The van der Waals surface area contributed by atoms with Crippen molar-refractivity contribution in [1.29, 1.82) is 0 Å². The van der Waals surface area contributed by atoms with Gasteiger partial charge >= 0.3 is 11.8 Å². The van der Waals surface area contributed by atoms with Crippen LogP contribution in [0.15, 0.2) is 47.0 Å². The van der Waals surface area contributed by atoms with E-state index in [-0.39, 0.29) is 36.4 Å². The minimum Gasteiger partial charge on any atom is -0.493 e. The Morgan fingerprint density at radius 2 is 1.66 bits per heavy atom. The van der Waals surface area contributed by atoms with E-state index in [0.717, 1.165) is 0 Å². The fourth-order valence-corrected chi connectivity index (χ4v) is 2.67. The molecule has 0 aliphatic rings. The van der Waals surface area contributed by atoms with Gasteiger partial charge in [-0.3, -0.25) is 19.7 Å². The van der Waals surface area contributed by atoms with Crippen LogP contribution in [0.4, 0.5) is 5.69 Å². The predicted molar refractivity (Wildman–Crippen MR) is 111 cm³/mol. The Bertz CT molecular complexity index is 1130. The van der Waals surface area contributed by atoms with Crippen LogP contribution in [0.1, 0.15) is 21.0 Å². The molecule has 0 aliphatic heterocycles. The van der Waals surface area contributed by atoms with Crippen LogP contribution in [0.2, 0.25) is 0 Å². The van der Waals surface area contributed by atoms with Crippen molar-refractivity contribution in [2.75, 3.05) is 27.3 Å². The Morgan fingerprint density at radius 3 is 2.28 bits per heavy atom. The molecule has 1 aromatic heterocycles. The number of hydrogen-bond acceptors (Lipinski definition) is 9. The maximum Gasteiger partial charge on any atom is 0.316 e. The monoisotopic (exact) mass is 441 g/mol. The summed E-state index contributed by atoms with van der Waals surface area (Å²) in [5.74, 6) is -0.196. The number of carbonyl (C=O) groups excluding carboxylic acids is 2. The number of nitro benzene ring substituents is 1. The number of nitrogens with one attached hydrogen (secondary N) is 2. The topological polar surface area (TPSA) is 159 Å². The molecule has 0 fully saturated rings. The molecule has 0 saturated heterocycles. The number of carbonyl (C=O) groups is 2. The average Bonchev–Trinajstić information content (AvgIpc) is 3.31. The molecule has 2 aromatic carbocycles. The summed E-state index contributed by atoms with van der Waals surface area (Å²) in [6, 6.07) is 10.3. The van der Waals surface area contributed by atoms with E-state index in [2.05, 4.69) is 20.8 Å². The molecule has 0 aliphatic carbocycles. The molecule has 32 heavy (non-hydrogen) atoms. The van der Waals surface area contributed by atoms with Crippen molar-refractivity contribution in [1.82, 2.24) is 20.8 Å². The number of hydrogen-bond donors (Lipinski definition) is 2. The number of rotatable bonds is 9. The van der Waals surface area contributed by atoms with Gasteiger partial charge in [0.05, 0.1) is 19.1 Å². The smallest absolute Gasteiger partial charge is 0.316 e. The van der Waals surface area contributed by atoms with Gasteiger partial charge in [0.2, 0.25) is 5.82 Å². The summed E-state index contributed by atoms with van der Waals surface area (Å²) >= 11 is 0. The SMILES string of the molecule is COc1ccc(C(=O)NCCNC(=O)c2nc(-c3ccc([N+](=O)[O-])cc3)no2)cc1OC. The molecule has 0 atom stereocenters. The van der Waals surface area contributed by atoms with Crippen molar-refractivity contribution in [3.05, 3.63) is 64.0 Å². The average molecular weight is 441 g/mol. The largest absolute Gasteiger partial charge is 0.493 e. The lowest BCUT2D eigenvalue weighted by Gasteiger charge is -2.10. The first-order valence-electron chi connectivity index (χ1n) is 9.30. The minimum atomic E-state index is -0.619. The molecule has 2 amide bonds. The highest BCUT2D eigenvalue weighted by Gasteiger charge is 2.17. The van der Waals surface area contributed by atoms with Gasteiger partial charge in [0.25, 0.3) is 11.6 Å². The highest BCUT2D eigenvalue weighted by Crippen LogP contribution is 2.27. The zero-order valence-corrected chi connectivity index (χ0v) is 17.2. The molecule has 166 valence electrons. The predicted octanol–water partition coefficient (Wildman–Crippen LogP) is 1.82. The van der Waals surface area contributed by atoms with Crippen LogP contribution in [-0.2, 0) is 0 Å². The van der Waals surface area contributed by atoms with Gasteiger partial charge in [0.15, 0.2) is 11.5 Å². The summed E-state index contributed by atoms with van der Waals surface area (Å²) < 4.78 is 15.2. The first kappa shape index (κ1) is 22.2. The molecule has 1 heterocycles. The minimum absolute atomic E-state index is 0.0784. The summed E-state index contributed by atoms with van der Waals surface area (Å²) in [5, 5.41) is 19.6. The van der Waals surface area contributed by atoms with Crippen molar-refractivity contribution in [3.8, 4) is 22.9 Å². The Balaban J connectivity index is 1.50. The lowest BCUT2D eigenvalue weighted by Crippen LogP contribution is -2.34. The number of aromatic nitrogens is 2. The maximum absolute atomic E-state index is 12.3. The quantitative estimate of drug-likeness (QED) is 0.287. The van der Waals surface area contributed by atoms with Gasteiger partial charge in [-0.25, -0.2) is 0 Å². The molecule has 12 heteroatoms. The van der Waals surface area contributed by atoms with Crippen molar-refractivity contribution >= 4 is 17.5 Å². The molecule has 0 spiro atoms. The number of amides is 2. The normalized spacial score (nSPS) is 10.3. The fraction of sp³-hybridized carbons (Fsp3) is 0.200.